The van der Waals surface area contributed by atoms with Crippen molar-refractivity contribution in [2.24, 2.45) is 0 Å². The zero-order valence-electron chi connectivity index (χ0n) is 12.0. The quantitative estimate of drug-likeness (QED) is 0.873. The molecule has 2 N–H and O–H groups in total. The van der Waals surface area contributed by atoms with Crippen LogP contribution >= 0.6 is 0 Å². The van der Waals surface area contributed by atoms with E-state index in [2.05, 4.69) is 15.3 Å². The Kier molecular flexibility index (Phi) is 4.17. The molecular weight excluding hydrogens is 270 g/mol. The number of aromatic amines is 1. The number of ether oxygens (including phenoxy) is 2. The van der Waals surface area contributed by atoms with Gasteiger partial charge in [0.2, 0.25) is 5.95 Å². The number of anilines is 1. The SMILES string of the molecule is CC(COC1CCOC1)Nc1nc2ccccc2c(=O)[nH]1. The lowest BCUT2D eigenvalue weighted by Crippen LogP contribution is -2.27. The topological polar surface area (TPSA) is 76.2 Å². The van der Waals surface area contributed by atoms with Crippen molar-refractivity contribution in [1.29, 1.82) is 0 Å². The highest BCUT2D eigenvalue weighted by Crippen LogP contribution is 2.11. The zero-order valence-corrected chi connectivity index (χ0v) is 12.0. The molecule has 2 aromatic rings. The predicted molar refractivity (Wildman–Crippen MR) is 80.6 cm³/mol. The predicted octanol–water partition coefficient (Wildman–Crippen LogP) is 1.53. The van der Waals surface area contributed by atoms with Crippen LogP contribution in [0.5, 0.6) is 0 Å². The second-order valence-corrected chi connectivity index (χ2v) is 5.30. The fraction of sp³-hybridized carbons (Fsp3) is 0.467. The Labute approximate surface area is 122 Å². The third-order valence-corrected chi connectivity index (χ3v) is 3.47. The molecule has 0 spiro atoms. The molecule has 2 unspecified atom stereocenters. The Hall–Kier alpha value is -1.92. The largest absolute Gasteiger partial charge is 0.379 e. The minimum Gasteiger partial charge on any atom is -0.379 e. The van der Waals surface area contributed by atoms with Gasteiger partial charge in [0.05, 0.1) is 30.2 Å². The molecule has 1 aliphatic heterocycles. The summed E-state index contributed by atoms with van der Waals surface area (Å²) in [5.74, 6) is 0.470. The van der Waals surface area contributed by atoms with Crippen molar-refractivity contribution >= 4 is 16.9 Å². The fourth-order valence-corrected chi connectivity index (χ4v) is 2.35. The van der Waals surface area contributed by atoms with Gasteiger partial charge in [0.25, 0.3) is 5.56 Å². The number of nitrogens with one attached hydrogen (secondary N) is 2. The van der Waals surface area contributed by atoms with Crippen LogP contribution in [0.3, 0.4) is 0 Å². The van der Waals surface area contributed by atoms with Gasteiger partial charge in [0.15, 0.2) is 0 Å². The molecule has 2 atom stereocenters. The lowest BCUT2D eigenvalue weighted by atomic mass is 10.2. The molecule has 6 nitrogen and oxygen atoms in total. The van der Waals surface area contributed by atoms with E-state index < -0.39 is 0 Å². The van der Waals surface area contributed by atoms with Crippen LogP contribution in [0, 0.1) is 0 Å². The van der Waals surface area contributed by atoms with Gasteiger partial charge in [-0.15, -0.1) is 0 Å². The Morgan fingerprint density at radius 1 is 1.52 bits per heavy atom. The maximum atomic E-state index is 12.0. The van der Waals surface area contributed by atoms with Crippen LogP contribution in [0.25, 0.3) is 10.9 Å². The molecule has 1 saturated heterocycles. The second-order valence-electron chi connectivity index (χ2n) is 5.30. The molecule has 1 aliphatic rings. The third-order valence-electron chi connectivity index (χ3n) is 3.47. The molecule has 0 aliphatic carbocycles. The number of benzene rings is 1. The molecule has 1 fully saturated rings. The van der Waals surface area contributed by atoms with E-state index in [1.54, 1.807) is 6.07 Å². The van der Waals surface area contributed by atoms with E-state index in [-0.39, 0.29) is 17.7 Å². The Morgan fingerprint density at radius 3 is 3.19 bits per heavy atom. The van der Waals surface area contributed by atoms with Gasteiger partial charge in [-0.3, -0.25) is 9.78 Å². The maximum absolute atomic E-state index is 12.0. The van der Waals surface area contributed by atoms with Crippen LogP contribution in [0.4, 0.5) is 5.95 Å². The van der Waals surface area contributed by atoms with E-state index in [4.69, 9.17) is 9.47 Å². The summed E-state index contributed by atoms with van der Waals surface area (Å²) in [4.78, 5) is 19.1. The lowest BCUT2D eigenvalue weighted by Gasteiger charge is -2.17. The number of hydrogen-bond acceptors (Lipinski definition) is 5. The second kappa shape index (κ2) is 6.24. The van der Waals surface area contributed by atoms with E-state index >= 15 is 0 Å². The van der Waals surface area contributed by atoms with Crippen molar-refractivity contribution < 1.29 is 9.47 Å². The summed E-state index contributed by atoms with van der Waals surface area (Å²) in [6.45, 7) is 3.97. The van der Waals surface area contributed by atoms with Gasteiger partial charge in [-0.1, -0.05) is 12.1 Å². The first kappa shape index (κ1) is 14.0. The van der Waals surface area contributed by atoms with Crippen molar-refractivity contribution in [2.45, 2.75) is 25.5 Å². The maximum Gasteiger partial charge on any atom is 0.260 e. The molecule has 1 aromatic carbocycles. The fourth-order valence-electron chi connectivity index (χ4n) is 2.35. The molecule has 0 radical (unpaired) electrons. The molecule has 21 heavy (non-hydrogen) atoms. The smallest absolute Gasteiger partial charge is 0.260 e. The van der Waals surface area contributed by atoms with Crippen LogP contribution < -0.4 is 10.9 Å². The summed E-state index contributed by atoms with van der Waals surface area (Å²) < 4.78 is 11.0. The Morgan fingerprint density at radius 2 is 2.38 bits per heavy atom. The number of rotatable bonds is 5. The van der Waals surface area contributed by atoms with Gasteiger partial charge in [-0.05, 0) is 25.5 Å². The summed E-state index contributed by atoms with van der Waals surface area (Å²) >= 11 is 0. The molecule has 2 heterocycles. The molecule has 0 amide bonds. The number of aromatic nitrogens is 2. The van der Waals surface area contributed by atoms with Gasteiger partial charge in [0.1, 0.15) is 0 Å². The summed E-state index contributed by atoms with van der Waals surface area (Å²) in [5.41, 5.74) is 0.543. The summed E-state index contributed by atoms with van der Waals surface area (Å²) in [7, 11) is 0. The van der Waals surface area contributed by atoms with Crippen molar-refractivity contribution in [3.05, 3.63) is 34.6 Å². The van der Waals surface area contributed by atoms with E-state index in [1.807, 2.05) is 25.1 Å². The van der Waals surface area contributed by atoms with Crippen LogP contribution in [0.15, 0.2) is 29.1 Å². The molecule has 3 rings (SSSR count). The van der Waals surface area contributed by atoms with Gasteiger partial charge in [-0.25, -0.2) is 4.98 Å². The van der Waals surface area contributed by atoms with E-state index in [9.17, 15) is 4.79 Å². The van der Waals surface area contributed by atoms with E-state index in [1.165, 1.54) is 0 Å². The number of para-hydroxylation sites is 1. The van der Waals surface area contributed by atoms with Gasteiger partial charge in [-0.2, -0.15) is 0 Å². The number of fused-ring (bicyclic) bond motifs is 1. The molecule has 112 valence electrons. The summed E-state index contributed by atoms with van der Waals surface area (Å²) in [6.07, 6.45) is 1.12. The summed E-state index contributed by atoms with van der Waals surface area (Å²) in [5, 5.41) is 3.76. The van der Waals surface area contributed by atoms with Crippen LogP contribution in [-0.2, 0) is 9.47 Å². The molecule has 6 heteroatoms. The average molecular weight is 289 g/mol. The highest BCUT2D eigenvalue weighted by atomic mass is 16.5. The van der Waals surface area contributed by atoms with Gasteiger partial charge >= 0.3 is 0 Å². The van der Waals surface area contributed by atoms with Crippen LogP contribution in [0.1, 0.15) is 13.3 Å². The first-order valence-electron chi connectivity index (χ1n) is 7.17. The van der Waals surface area contributed by atoms with Crippen LogP contribution in [0.2, 0.25) is 0 Å². The van der Waals surface area contributed by atoms with E-state index in [0.29, 0.717) is 30.1 Å². The molecule has 1 aromatic heterocycles. The van der Waals surface area contributed by atoms with Crippen molar-refractivity contribution in [2.75, 3.05) is 25.1 Å². The van der Waals surface area contributed by atoms with Crippen molar-refractivity contribution in [3.8, 4) is 0 Å². The average Bonchev–Trinajstić information content (AvgIpc) is 2.98. The summed E-state index contributed by atoms with van der Waals surface area (Å²) in [6, 6.07) is 7.33. The molecular formula is C15H19N3O3. The molecule has 0 saturated carbocycles. The van der Waals surface area contributed by atoms with Crippen molar-refractivity contribution in [3.63, 3.8) is 0 Å². The number of nitrogens with zero attached hydrogens (tertiary/aromatic N) is 1. The van der Waals surface area contributed by atoms with Crippen LogP contribution in [-0.4, -0.2) is 41.9 Å². The third kappa shape index (κ3) is 3.40. The normalized spacial score (nSPS) is 19.8. The number of hydrogen-bond donors (Lipinski definition) is 2. The monoisotopic (exact) mass is 289 g/mol. The van der Waals surface area contributed by atoms with E-state index in [0.717, 1.165) is 13.0 Å². The Bertz CT molecular complexity index is 665. The minimum atomic E-state index is -0.139. The molecule has 0 bridgehead atoms. The Balaban J connectivity index is 1.65. The van der Waals surface area contributed by atoms with Gasteiger partial charge in [0, 0.05) is 12.6 Å². The standard InChI is InChI=1S/C15H19N3O3/c1-10(8-21-11-6-7-20-9-11)16-15-17-13-5-3-2-4-12(13)14(19)18-15/h2-5,10-11H,6-9H2,1H3,(H2,16,17,18,19). The minimum absolute atomic E-state index is 0.0508. The first-order valence-corrected chi connectivity index (χ1v) is 7.17. The highest BCUT2D eigenvalue weighted by Gasteiger charge is 2.17. The lowest BCUT2D eigenvalue weighted by molar-refractivity contribution is 0.0394. The van der Waals surface area contributed by atoms with Gasteiger partial charge < -0.3 is 14.8 Å². The van der Waals surface area contributed by atoms with Crippen molar-refractivity contribution in [1.82, 2.24) is 9.97 Å². The first-order chi connectivity index (χ1) is 10.2. The zero-order chi connectivity index (χ0) is 14.7. The highest BCUT2D eigenvalue weighted by molar-refractivity contribution is 5.78. The number of H-pyrrole nitrogens is 1.